The Balaban J connectivity index is 1.49. The predicted octanol–water partition coefficient (Wildman–Crippen LogP) is 4.73. The highest BCUT2D eigenvalue weighted by Crippen LogP contribution is 2.27. The third kappa shape index (κ3) is 4.33. The molecule has 1 aliphatic heterocycles. The fraction of sp³-hybridized carbons (Fsp3) is 0.136. The number of para-hydroxylation sites is 1. The maximum Gasteiger partial charge on any atom is 0.323 e. The van der Waals surface area contributed by atoms with E-state index in [0.717, 1.165) is 11.1 Å². The third-order valence-electron chi connectivity index (χ3n) is 4.94. The van der Waals surface area contributed by atoms with Gasteiger partial charge < -0.3 is 10.6 Å². The van der Waals surface area contributed by atoms with Gasteiger partial charge in [0.15, 0.2) is 0 Å². The summed E-state index contributed by atoms with van der Waals surface area (Å²) < 4.78 is 27.3. The Morgan fingerprint density at radius 1 is 0.900 bits per heavy atom. The largest absolute Gasteiger partial charge is 0.323 e. The zero-order valence-corrected chi connectivity index (χ0v) is 17.6. The third-order valence-corrected chi connectivity index (χ3v) is 7.13. The van der Waals surface area contributed by atoms with Gasteiger partial charge in [0, 0.05) is 18.8 Å². The average Bonchev–Trinajstić information content (AvgIpc) is 2.75. The van der Waals surface area contributed by atoms with Crippen LogP contribution >= 0.6 is 11.6 Å². The number of anilines is 2. The maximum atomic E-state index is 12.9. The summed E-state index contributed by atoms with van der Waals surface area (Å²) in [5, 5.41) is 5.93. The van der Waals surface area contributed by atoms with Gasteiger partial charge in [-0.25, -0.2) is 13.2 Å². The normalized spacial score (nSPS) is 14.0. The molecule has 0 spiro atoms. The van der Waals surface area contributed by atoms with Crippen LogP contribution in [0.25, 0.3) is 0 Å². The van der Waals surface area contributed by atoms with E-state index < -0.39 is 16.1 Å². The van der Waals surface area contributed by atoms with Crippen LogP contribution < -0.4 is 10.6 Å². The number of carbonyl (C=O) groups is 1. The molecule has 8 heteroatoms. The van der Waals surface area contributed by atoms with Gasteiger partial charge in [-0.1, -0.05) is 48.0 Å². The smallest absolute Gasteiger partial charge is 0.308 e. The van der Waals surface area contributed by atoms with E-state index in [1.807, 2.05) is 18.2 Å². The highest BCUT2D eigenvalue weighted by molar-refractivity contribution is 7.89. The summed E-state index contributed by atoms with van der Waals surface area (Å²) in [5.41, 5.74) is 3.04. The van der Waals surface area contributed by atoms with Crippen molar-refractivity contribution in [1.82, 2.24) is 4.31 Å². The molecule has 1 heterocycles. The number of halogens is 1. The van der Waals surface area contributed by atoms with Gasteiger partial charge >= 0.3 is 6.03 Å². The van der Waals surface area contributed by atoms with Crippen LogP contribution in [0, 0.1) is 0 Å². The van der Waals surface area contributed by atoms with Crippen LogP contribution in [0.5, 0.6) is 0 Å². The molecule has 0 fully saturated rings. The van der Waals surface area contributed by atoms with Gasteiger partial charge in [-0.15, -0.1) is 0 Å². The molecule has 1 aliphatic rings. The lowest BCUT2D eigenvalue weighted by Gasteiger charge is -2.28. The van der Waals surface area contributed by atoms with Gasteiger partial charge in [0.05, 0.1) is 15.6 Å². The molecule has 3 aromatic rings. The predicted molar refractivity (Wildman–Crippen MR) is 118 cm³/mol. The molecule has 154 valence electrons. The molecule has 4 rings (SSSR count). The van der Waals surface area contributed by atoms with Crippen molar-refractivity contribution in [3.8, 4) is 0 Å². The minimum absolute atomic E-state index is 0.258. The van der Waals surface area contributed by atoms with Crippen molar-refractivity contribution in [2.75, 3.05) is 17.2 Å². The molecule has 3 aromatic carbocycles. The molecule has 6 nitrogen and oxygen atoms in total. The Hall–Kier alpha value is -2.87. The SMILES string of the molecule is O=C(Nc1ccc2c(c1)CN(S(=O)(=O)c1ccccc1)CC2)Nc1ccccc1Cl. The van der Waals surface area contributed by atoms with Crippen molar-refractivity contribution in [2.45, 2.75) is 17.9 Å². The van der Waals surface area contributed by atoms with Crippen LogP contribution in [0.3, 0.4) is 0 Å². The molecule has 2 amide bonds. The molecule has 0 radical (unpaired) electrons. The van der Waals surface area contributed by atoms with E-state index in [0.29, 0.717) is 29.4 Å². The number of benzene rings is 3. The Bertz CT molecular complexity index is 1180. The molecular formula is C22H20ClN3O3S. The van der Waals surface area contributed by atoms with E-state index in [1.165, 1.54) is 4.31 Å². The summed E-state index contributed by atoms with van der Waals surface area (Å²) in [5.74, 6) is 0. The molecule has 0 aliphatic carbocycles. The van der Waals surface area contributed by atoms with Crippen LogP contribution in [-0.2, 0) is 23.0 Å². The molecule has 30 heavy (non-hydrogen) atoms. The topological polar surface area (TPSA) is 78.5 Å². The number of carbonyl (C=O) groups excluding carboxylic acids is 1. The van der Waals surface area contributed by atoms with Gasteiger partial charge in [-0.3, -0.25) is 0 Å². The molecule has 0 bridgehead atoms. The van der Waals surface area contributed by atoms with E-state index in [-0.39, 0.29) is 11.4 Å². The number of fused-ring (bicyclic) bond motifs is 1. The molecule has 0 saturated heterocycles. The fourth-order valence-electron chi connectivity index (χ4n) is 3.40. The summed E-state index contributed by atoms with van der Waals surface area (Å²) in [6.07, 6.45) is 0.619. The second-order valence-corrected chi connectivity index (χ2v) is 9.29. The number of hydrogen-bond donors (Lipinski definition) is 2. The van der Waals surface area contributed by atoms with Crippen molar-refractivity contribution >= 4 is 39.0 Å². The Morgan fingerprint density at radius 3 is 2.40 bits per heavy atom. The number of urea groups is 1. The summed E-state index contributed by atoms with van der Waals surface area (Å²) in [4.78, 5) is 12.6. The number of hydrogen-bond acceptors (Lipinski definition) is 3. The van der Waals surface area contributed by atoms with Gasteiger partial charge in [-0.2, -0.15) is 4.31 Å². The van der Waals surface area contributed by atoms with Gasteiger partial charge in [0.2, 0.25) is 10.0 Å². The molecule has 0 unspecified atom stereocenters. The quantitative estimate of drug-likeness (QED) is 0.614. The van der Waals surface area contributed by atoms with Crippen LogP contribution in [0.2, 0.25) is 5.02 Å². The Kier molecular flexibility index (Phi) is 5.76. The second-order valence-electron chi connectivity index (χ2n) is 6.94. The molecule has 0 saturated carbocycles. The lowest BCUT2D eigenvalue weighted by Crippen LogP contribution is -2.36. The van der Waals surface area contributed by atoms with Crippen molar-refractivity contribution in [3.05, 3.63) is 88.9 Å². The van der Waals surface area contributed by atoms with Crippen LogP contribution in [0.15, 0.2) is 77.7 Å². The average molecular weight is 442 g/mol. The first-order valence-electron chi connectivity index (χ1n) is 9.43. The number of nitrogens with one attached hydrogen (secondary N) is 2. The number of amides is 2. The molecular weight excluding hydrogens is 422 g/mol. The summed E-state index contributed by atoms with van der Waals surface area (Å²) in [6.45, 7) is 0.679. The zero-order chi connectivity index (χ0) is 21.1. The Morgan fingerprint density at radius 2 is 1.63 bits per heavy atom. The van der Waals surface area contributed by atoms with E-state index in [2.05, 4.69) is 10.6 Å². The number of rotatable bonds is 4. The van der Waals surface area contributed by atoms with E-state index in [1.54, 1.807) is 54.6 Å². The minimum Gasteiger partial charge on any atom is -0.308 e. The number of sulfonamides is 1. The highest BCUT2D eigenvalue weighted by atomic mass is 35.5. The van der Waals surface area contributed by atoms with Crippen molar-refractivity contribution in [2.24, 2.45) is 0 Å². The standard InChI is InChI=1S/C22H20ClN3O3S/c23-20-8-4-5-9-21(20)25-22(27)24-18-11-10-16-12-13-26(15-17(16)14-18)30(28,29)19-6-2-1-3-7-19/h1-11,14H,12-13,15H2,(H2,24,25,27). The molecule has 0 aromatic heterocycles. The lowest BCUT2D eigenvalue weighted by atomic mass is 10.0. The lowest BCUT2D eigenvalue weighted by molar-refractivity contribution is 0.262. The minimum atomic E-state index is -3.57. The highest BCUT2D eigenvalue weighted by Gasteiger charge is 2.28. The number of nitrogens with zero attached hydrogens (tertiary/aromatic N) is 1. The van der Waals surface area contributed by atoms with Crippen molar-refractivity contribution in [3.63, 3.8) is 0 Å². The summed E-state index contributed by atoms with van der Waals surface area (Å²) >= 11 is 6.07. The van der Waals surface area contributed by atoms with Crippen LogP contribution in [0.1, 0.15) is 11.1 Å². The van der Waals surface area contributed by atoms with E-state index in [4.69, 9.17) is 11.6 Å². The zero-order valence-electron chi connectivity index (χ0n) is 16.0. The molecule has 0 atom stereocenters. The first-order valence-corrected chi connectivity index (χ1v) is 11.2. The second kappa shape index (κ2) is 8.47. The first kappa shape index (κ1) is 20.4. The maximum absolute atomic E-state index is 12.9. The van der Waals surface area contributed by atoms with Crippen molar-refractivity contribution in [1.29, 1.82) is 0 Å². The molecule has 2 N–H and O–H groups in total. The van der Waals surface area contributed by atoms with Crippen LogP contribution in [0.4, 0.5) is 16.2 Å². The summed E-state index contributed by atoms with van der Waals surface area (Å²) in [6, 6.07) is 20.5. The van der Waals surface area contributed by atoms with Crippen molar-refractivity contribution < 1.29 is 13.2 Å². The van der Waals surface area contributed by atoms with E-state index in [9.17, 15) is 13.2 Å². The van der Waals surface area contributed by atoms with Crippen LogP contribution in [-0.4, -0.2) is 25.3 Å². The Labute approximate surface area is 180 Å². The van der Waals surface area contributed by atoms with Gasteiger partial charge in [0.1, 0.15) is 0 Å². The first-order chi connectivity index (χ1) is 14.4. The van der Waals surface area contributed by atoms with E-state index >= 15 is 0 Å². The fourth-order valence-corrected chi connectivity index (χ4v) is 5.03. The monoisotopic (exact) mass is 441 g/mol. The summed E-state index contributed by atoms with van der Waals surface area (Å²) in [7, 11) is -3.57. The van der Waals surface area contributed by atoms with Gasteiger partial charge in [-0.05, 0) is 53.9 Å². The van der Waals surface area contributed by atoms with Gasteiger partial charge in [0.25, 0.3) is 0 Å².